The van der Waals surface area contributed by atoms with Gasteiger partial charge in [-0.05, 0) is 0 Å². The summed E-state index contributed by atoms with van der Waals surface area (Å²) < 4.78 is 11.6. The van der Waals surface area contributed by atoms with Gasteiger partial charge in [0.05, 0.1) is 0 Å². The van der Waals surface area contributed by atoms with Crippen molar-refractivity contribution in [1.82, 2.24) is 10.6 Å². The van der Waals surface area contributed by atoms with Crippen molar-refractivity contribution in [2.75, 3.05) is 0 Å². The quantitative estimate of drug-likeness (QED) is 0.227. The second-order valence-electron chi connectivity index (χ2n) is 9.45. The van der Waals surface area contributed by atoms with Gasteiger partial charge in [-0.25, -0.2) is 0 Å². The molecule has 0 spiro atoms. The maximum atomic E-state index is 13.0. The molecule has 2 radical (unpaired) electrons. The summed E-state index contributed by atoms with van der Waals surface area (Å²) in [6.07, 6.45) is 1.62. The van der Waals surface area contributed by atoms with E-state index in [9.17, 15) is 9.59 Å². The Kier molecular flexibility index (Phi) is 8.99. The minimum absolute atomic E-state index is 0.0877. The molecule has 4 aromatic carbocycles. The van der Waals surface area contributed by atoms with E-state index in [2.05, 4.69) is 45.7 Å². The van der Waals surface area contributed by atoms with Gasteiger partial charge in [-0.3, -0.25) is 0 Å². The van der Waals surface area contributed by atoms with Gasteiger partial charge in [0.25, 0.3) is 0 Å². The van der Waals surface area contributed by atoms with E-state index in [0.717, 1.165) is 38.6 Å². The number of carbonyl (C=O) groups excluding carboxylic acids is 2. The van der Waals surface area contributed by atoms with Gasteiger partial charge in [-0.1, -0.05) is 24.3 Å². The number of benzene rings is 4. The predicted molar refractivity (Wildman–Crippen MR) is 156 cm³/mol. The number of rotatable bonds is 8. The van der Waals surface area contributed by atoms with E-state index < -0.39 is 12.2 Å². The number of allylic oxidation sites excluding steroid dienone is 2. The van der Waals surface area contributed by atoms with Crippen molar-refractivity contribution < 1.29 is 19.1 Å². The second kappa shape index (κ2) is 13.2. The molecule has 4 aromatic rings. The van der Waals surface area contributed by atoms with E-state index >= 15 is 0 Å². The van der Waals surface area contributed by atoms with Crippen molar-refractivity contribution in [2.24, 2.45) is 0 Å². The zero-order valence-electron chi connectivity index (χ0n) is 21.9. The van der Waals surface area contributed by atoms with Crippen molar-refractivity contribution in [3.8, 4) is 11.5 Å². The summed E-state index contributed by atoms with van der Waals surface area (Å²) in [5.74, 6) is 0.535. The molecule has 200 valence electrons. The van der Waals surface area contributed by atoms with E-state index in [0.29, 0.717) is 19.5 Å². The topological polar surface area (TPSA) is 76.7 Å². The zero-order chi connectivity index (χ0) is 27.7. The van der Waals surface area contributed by atoms with Crippen LogP contribution < -0.4 is 20.1 Å². The summed E-state index contributed by atoms with van der Waals surface area (Å²) in [6, 6.07) is 33.0. The van der Waals surface area contributed by atoms with Crippen molar-refractivity contribution in [2.45, 2.75) is 30.6 Å². The molecule has 0 bridgehead atoms. The monoisotopic (exact) mass is 592 g/mol. The summed E-state index contributed by atoms with van der Waals surface area (Å²) in [4.78, 5) is 25.8. The third-order valence-electron chi connectivity index (χ3n) is 6.75. The second-order valence-corrected chi connectivity index (χ2v) is 10.1. The van der Waals surface area contributed by atoms with Crippen molar-refractivity contribution in [3.63, 3.8) is 0 Å². The molecule has 0 saturated heterocycles. The molecule has 1 atom stereocenters. The SMILES string of the molecule is O=C(NCc1ccccc1)Oc1ccc2c(c1OC(=O)NCc1ccccc1)CC(c1ccccc1)C=C2C[As]. The average Bonchev–Trinajstić information content (AvgIpc) is 3.01. The average molecular weight is 593 g/mol. The van der Waals surface area contributed by atoms with Crippen LogP contribution >= 0.6 is 0 Å². The van der Waals surface area contributed by atoms with Crippen LogP contribution in [-0.4, -0.2) is 29.0 Å². The fourth-order valence-corrected chi connectivity index (χ4v) is 5.35. The Balaban J connectivity index is 1.43. The molecule has 1 aliphatic carbocycles. The molecule has 0 fully saturated rings. The number of fused-ring (bicyclic) bond motifs is 1. The van der Waals surface area contributed by atoms with Crippen LogP contribution in [0.25, 0.3) is 5.57 Å². The fourth-order valence-electron chi connectivity index (χ4n) is 4.77. The van der Waals surface area contributed by atoms with E-state index in [1.807, 2.05) is 84.9 Å². The molecular weight excluding hydrogens is 563 g/mol. The summed E-state index contributed by atoms with van der Waals surface area (Å²) in [5, 5.41) is 6.34. The Hall–Kier alpha value is -4.28. The van der Waals surface area contributed by atoms with Crippen LogP contribution in [0.4, 0.5) is 9.59 Å². The Morgan fingerprint density at radius 2 is 1.27 bits per heavy atom. The number of carbonyl (C=O) groups is 2. The summed E-state index contributed by atoms with van der Waals surface area (Å²) in [5.41, 5.74) is 6.01. The standard InChI is InChI=1S/C33H29AsN2O4/c34-20-27-18-26(25-14-8-3-9-15-25)19-29-28(27)16-17-30(39-32(37)35-21-23-10-4-1-5-11-23)31(29)40-33(38)36-22-24-12-6-2-7-13-24/h1-18,26H,19-22H2,(H,35,37)(H,36,38). The molecule has 0 heterocycles. The predicted octanol–water partition coefficient (Wildman–Crippen LogP) is 6.57. The summed E-state index contributed by atoms with van der Waals surface area (Å²) in [6.45, 7) is 0.627. The van der Waals surface area contributed by atoms with E-state index in [1.54, 1.807) is 6.07 Å². The molecule has 2 amide bonds. The first-order valence-corrected chi connectivity index (χ1v) is 14.5. The fraction of sp³-hybridized carbons (Fsp3) is 0.152. The van der Waals surface area contributed by atoms with Crippen molar-refractivity contribution >= 4 is 34.6 Å². The van der Waals surface area contributed by atoms with Gasteiger partial charge in [0, 0.05) is 0 Å². The third-order valence-corrected chi connectivity index (χ3v) is 7.47. The molecule has 2 N–H and O–H groups in total. The Labute approximate surface area is 242 Å². The Morgan fingerprint density at radius 1 is 0.725 bits per heavy atom. The first kappa shape index (κ1) is 27.3. The van der Waals surface area contributed by atoms with Crippen LogP contribution in [-0.2, 0) is 19.5 Å². The number of amides is 2. The Bertz CT molecular complexity index is 1490. The minimum atomic E-state index is -0.628. The van der Waals surface area contributed by atoms with Crippen LogP contribution in [0.15, 0.2) is 109 Å². The molecule has 1 unspecified atom stereocenters. The van der Waals surface area contributed by atoms with Gasteiger partial charge in [0.2, 0.25) is 0 Å². The van der Waals surface area contributed by atoms with Crippen LogP contribution in [0, 0.1) is 0 Å². The number of hydrogen-bond acceptors (Lipinski definition) is 4. The summed E-state index contributed by atoms with van der Waals surface area (Å²) in [7, 11) is 0. The van der Waals surface area contributed by atoms with Gasteiger partial charge in [-0.2, -0.15) is 0 Å². The molecule has 1 aliphatic rings. The van der Waals surface area contributed by atoms with Crippen LogP contribution in [0.1, 0.15) is 33.7 Å². The maximum absolute atomic E-state index is 13.0. The van der Waals surface area contributed by atoms with Crippen LogP contribution in [0.5, 0.6) is 11.5 Å². The number of ether oxygens (including phenoxy) is 2. The first-order valence-electron chi connectivity index (χ1n) is 13.1. The van der Waals surface area contributed by atoms with Gasteiger partial charge >= 0.3 is 219 Å². The normalized spacial score (nSPS) is 13.9. The molecular formula is C33H29AsN2O4. The Morgan fingerprint density at radius 3 is 1.85 bits per heavy atom. The van der Waals surface area contributed by atoms with Gasteiger partial charge in [0.15, 0.2) is 0 Å². The molecule has 0 saturated carbocycles. The van der Waals surface area contributed by atoms with E-state index in [-0.39, 0.29) is 17.4 Å². The van der Waals surface area contributed by atoms with E-state index in [1.165, 1.54) is 0 Å². The molecule has 7 heteroatoms. The molecule has 6 nitrogen and oxygen atoms in total. The summed E-state index contributed by atoms with van der Waals surface area (Å²) >= 11 is 2.61. The number of nitrogens with one attached hydrogen (secondary N) is 2. The number of hydrogen-bond donors (Lipinski definition) is 2. The van der Waals surface area contributed by atoms with Crippen LogP contribution in [0.2, 0.25) is 5.21 Å². The van der Waals surface area contributed by atoms with Gasteiger partial charge in [0.1, 0.15) is 0 Å². The molecule has 5 rings (SSSR count). The molecule has 0 aromatic heterocycles. The third kappa shape index (κ3) is 6.83. The van der Waals surface area contributed by atoms with Crippen molar-refractivity contribution in [3.05, 3.63) is 137 Å². The van der Waals surface area contributed by atoms with Gasteiger partial charge in [-0.15, -0.1) is 0 Å². The molecule has 40 heavy (non-hydrogen) atoms. The van der Waals surface area contributed by atoms with Crippen molar-refractivity contribution in [1.29, 1.82) is 0 Å². The van der Waals surface area contributed by atoms with Gasteiger partial charge < -0.3 is 0 Å². The molecule has 0 aliphatic heterocycles. The van der Waals surface area contributed by atoms with Crippen LogP contribution in [0.3, 0.4) is 0 Å². The first-order chi connectivity index (χ1) is 19.6. The van der Waals surface area contributed by atoms with E-state index in [4.69, 9.17) is 9.47 Å². The zero-order valence-corrected chi connectivity index (χ0v) is 23.8.